The van der Waals surface area contributed by atoms with Crippen LogP contribution in [0.3, 0.4) is 0 Å². The molecule has 3 heterocycles. The molecule has 4 fully saturated rings. The normalized spacial score (nSPS) is 24.9. The average molecular weight is 690 g/mol. The summed E-state index contributed by atoms with van der Waals surface area (Å²) in [6.45, 7) is 3.86. The number of urea groups is 1. The first-order valence-electron chi connectivity index (χ1n) is 18.5. The Kier molecular flexibility index (Phi) is 8.56. The predicted octanol–water partition coefficient (Wildman–Crippen LogP) is 4.90. The molecule has 2 aliphatic heterocycles. The third kappa shape index (κ3) is 6.05. The molecule has 266 valence electrons. The van der Waals surface area contributed by atoms with Crippen LogP contribution in [0.15, 0.2) is 60.8 Å². The Hall–Kier alpha value is -4.77. The van der Waals surface area contributed by atoms with Gasteiger partial charge < -0.3 is 31.1 Å². The van der Waals surface area contributed by atoms with Crippen LogP contribution in [0, 0.1) is 11.3 Å². The number of rotatable bonds is 10. The van der Waals surface area contributed by atoms with Crippen LogP contribution < -0.4 is 21.3 Å². The molecule has 5 amide bonds. The van der Waals surface area contributed by atoms with Crippen molar-refractivity contribution >= 4 is 35.3 Å². The second-order valence-electron chi connectivity index (χ2n) is 15.5. The van der Waals surface area contributed by atoms with Gasteiger partial charge in [0.15, 0.2) is 0 Å². The van der Waals surface area contributed by atoms with Crippen LogP contribution in [0.2, 0.25) is 0 Å². The quantitative estimate of drug-likeness (QED) is 0.239. The van der Waals surface area contributed by atoms with Gasteiger partial charge in [0.05, 0.1) is 11.3 Å². The van der Waals surface area contributed by atoms with E-state index >= 15 is 0 Å². The molecule has 51 heavy (non-hydrogen) atoms. The lowest BCUT2D eigenvalue weighted by Gasteiger charge is -2.62. The van der Waals surface area contributed by atoms with Crippen molar-refractivity contribution < 1.29 is 19.2 Å². The largest absolute Gasteiger partial charge is 0.333 e. The Labute approximate surface area is 298 Å². The van der Waals surface area contributed by atoms with E-state index in [0.717, 1.165) is 59.4 Å². The average Bonchev–Trinajstić information content (AvgIpc) is 3.49. The summed E-state index contributed by atoms with van der Waals surface area (Å²) in [4.78, 5) is 62.9. The maximum Gasteiger partial charge on any atom is 0.317 e. The molecular weight excluding hydrogens is 642 g/mol. The van der Waals surface area contributed by atoms with E-state index in [9.17, 15) is 19.2 Å². The van der Waals surface area contributed by atoms with Crippen LogP contribution in [0.5, 0.6) is 0 Å². The highest BCUT2D eigenvalue weighted by atomic mass is 16.2. The van der Waals surface area contributed by atoms with Crippen LogP contribution in [0.1, 0.15) is 85.1 Å². The predicted molar refractivity (Wildman–Crippen MR) is 194 cm³/mol. The molecule has 3 aromatic rings. The van der Waals surface area contributed by atoms with Crippen LogP contribution in [0.4, 0.5) is 16.3 Å². The number of hydrogen-bond acceptors (Lipinski definition) is 6. The van der Waals surface area contributed by atoms with Gasteiger partial charge >= 0.3 is 6.03 Å². The molecule has 3 saturated carbocycles. The van der Waals surface area contributed by atoms with Gasteiger partial charge in [-0.05, 0) is 104 Å². The van der Waals surface area contributed by atoms with Crippen molar-refractivity contribution in [3.05, 3.63) is 88.6 Å². The van der Waals surface area contributed by atoms with Crippen molar-refractivity contribution in [3.8, 4) is 0 Å². The van der Waals surface area contributed by atoms with Gasteiger partial charge in [-0.2, -0.15) is 0 Å². The van der Waals surface area contributed by atoms with E-state index in [4.69, 9.17) is 0 Å². The lowest BCUT2D eigenvalue weighted by Crippen LogP contribution is -2.70. The topological polar surface area (TPSA) is 136 Å². The molecule has 2 bridgehead atoms. The highest BCUT2D eigenvalue weighted by Gasteiger charge is 2.58. The summed E-state index contributed by atoms with van der Waals surface area (Å²) >= 11 is 0. The van der Waals surface area contributed by atoms with Crippen molar-refractivity contribution in [2.45, 2.75) is 82.3 Å². The smallest absolute Gasteiger partial charge is 0.317 e. The SMILES string of the molecule is CCC1(C(=O)N(CC(=O)Nc2ccc3c(c2)C2C(=O)Nc4ncccc4[C@H]2C3)Cc2ccccc2CNC)CCN(C(=O)NC23CC(C2)C3)CC1. The molecule has 4 aliphatic carbocycles. The van der Waals surface area contributed by atoms with Crippen molar-refractivity contribution in [2.75, 3.05) is 37.3 Å². The van der Waals surface area contributed by atoms with Crippen LogP contribution in [-0.4, -0.2) is 70.8 Å². The van der Waals surface area contributed by atoms with Crippen molar-refractivity contribution in [1.29, 1.82) is 0 Å². The Bertz CT molecular complexity index is 1870. The maximum atomic E-state index is 14.7. The van der Waals surface area contributed by atoms with Crippen LogP contribution in [-0.2, 0) is 33.9 Å². The van der Waals surface area contributed by atoms with Gasteiger partial charge in [-0.25, -0.2) is 9.78 Å². The first kappa shape index (κ1) is 33.4. The van der Waals surface area contributed by atoms with Gasteiger partial charge in [-0.3, -0.25) is 14.4 Å². The number of pyridine rings is 1. The van der Waals surface area contributed by atoms with Gasteiger partial charge in [-0.1, -0.05) is 43.3 Å². The Morgan fingerprint density at radius 3 is 2.47 bits per heavy atom. The maximum absolute atomic E-state index is 14.7. The number of nitrogens with one attached hydrogen (secondary N) is 4. The molecule has 9 rings (SSSR count). The summed E-state index contributed by atoms with van der Waals surface area (Å²) in [6.07, 6.45) is 7.40. The number of aromatic nitrogens is 1. The lowest BCUT2D eigenvalue weighted by molar-refractivity contribution is -0.147. The molecule has 0 radical (unpaired) electrons. The zero-order valence-electron chi connectivity index (χ0n) is 29.5. The third-order valence-corrected chi connectivity index (χ3v) is 12.4. The zero-order valence-corrected chi connectivity index (χ0v) is 29.5. The molecule has 6 aliphatic rings. The molecular formula is C40H47N7O4. The van der Waals surface area contributed by atoms with Crippen molar-refractivity contribution in [2.24, 2.45) is 11.3 Å². The molecule has 2 aromatic carbocycles. The Morgan fingerprint density at radius 1 is 1.00 bits per heavy atom. The molecule has 0 spiro atoms. The zero-order chi connectivity index (χ0) is 35.3. The second-order valence-corrected chi connectivity index (χ2v) is 15.5. The number of likely N-dealkylation sites (tertiary alicyclic amines) is 1. The van der Waals surface area contributed by atoms with Crippen molar-refractivity contribution in [1.82, 2.24) is 25.4 Å². The van der Waals surface area contributed by atoms with E-state index < -0.39 is 5.41 Å². The molecule has 1 unspecified atom stereocenters. The van der Waals surface area contributed by atoms with Crippen LogP contribution >= 0.6 is 0 Å². The summed E-state index contributed by atoms with van der Waals surface area (Å²) in [6, 6.07) is 17.7. The van der Waals surface area contributed by atoms with Gasteiger partial charge in [0.1, 0.15) is 12.4 Å². The summed E-state index contributed by atoms with van der Waals surface area (Å²) < 4.78 is 0. The Balaban J connectivity index is 0.994. The number of hydrogen-bond donors (Lipinski definition) is 4. The fraction of sp³-hybridized carbons (Fsp3) is 0.475. The lowest BCUT2D eigenvalue weighted by atomic mass is 9.50. The first-order valence-corrected chi connectivity index (χ1v) is 18.5. The van der Waals surface area contributed by atoms with Gasteiger partial charge in [-0.15, -0.1) is 0 Å². The van der Waals surface area contributed by atoms with E-state index in [1.54, 1.807) is 11.1 Å². The third-order valence-electron chi connectivity index (χ3n) is 12.4. The number of fused-ring (bicyclic) bond motifs is 5. The number of amides is 5. The van der Waals surface area contributed by atoms with E-state index in [-0.39, 0.29) is 47.7 Å². The van der Waals surface area contributed by atoms with Gasteiger partial charge in [0.2, 0.25) is 17.7 Å². The number of benzene rings is 2. The number of carbonyl (C=O) groups is 4. The summed E-state index contributed by atoms with van der Waals surface area (Å²) in [5.74, 6) is 0.609. The minimum Gasteiger partial charge on any atom is -0.333 e. The number of anilines is 2. The highest BCUT2D eigenvalue weighted by Crippen LogP contribution is 2.57. The highest BCUT2D eigenvalue weighted by molar-refractivity contribution is 6.01. The van der Waals surface area contributed by atoms with E-state index in [0.29, 0.717) is 56.9 Å². The second kappa shape index (κ2) is 13.1. The minimum absolute atomic E-state index is 0.000353. The summed E-state index contributed by atoms with van der Waals surface area (Å²) in [7, 11) is 1.89. The standard InChI is InChI=1S/C40H47N7O4/c1-3-39(12-15-46(16-13-39)38(51)45-40-19-25(20-40)21-40)37(50)47(23-28-8-5-4-7-27(28)22-41-2)24-33(48)43-29-11-10-26-17-32-30-9-6-14-42-35(30)44-36(49)34(32)31(26)18-29/h4-11,14,18,25,32,34,41H,3,12-13,15-17,19-24H2,1-2H3,(H,43,48)(H,45,51)(H,42,44,49)/t25?,32-,34?,40?/m1/s1. The van der Waals surface area contributed by atoms with E-state index in [1.807, 2.05) is 73.5 Å². The molecule has 4 N–H and O–H groups in total. The number of nitrogens with zero attached hydrogens (tertiary/aromatic N) is 3. The molecule has 11 nitrogen and oxygen atoms in total. The summed E-state index contributed by atoms with van der Waals surface area (Å²) in [5.41, 5.74) is 5.01. The van der Waals surface area contributed by atoms with E-state index in [1.165, 1.54) is 0 Å². The molecule has 1 saturated heterocycles. The molecule has 11 heteroatoms. The van der Waals surface area contributed by atoms with Gasteiger partial charge in [0.25, 0.3) is 0 Å². The Morgan fingerprint density at radius 2 is 1.76 bits per heavy atom. The fourth-order valence-electron chi connectivity index (χ4n) is 9.33. The summed E-state index contributed by atoms with van der Waals surface area (Å²) in [5, 5.41) is 12.5. The van der Waals surface area contributed by atoms with Gasteiger partial charge in [0, 0.05) is 49.5 Å². The van der Waals surface area contributed by atoms with Crippen LogP contribution in [0.25, 0.3) is 0 Å². The molecule has 2 atom stereocenters. The molecule has 1 aromatic heterocycles. The van der Waals surface area contributed by atoms with Crippen molar-refractivity contribution in [3.63, 3.8) is 0 Å². The number of carbonyl (C=O) groups excluding carboxylic acids is 4. The first-order chi connectivity index (χ1) is 24.7. The number of piperidine rings is 1. The minimum atomic E-state index is -0.673. The fourth-order valence-corrected chi connectivity index (χ4v) is 9.33. The monoisotopic (exact) mass is 689 g/mol. The van der Waals surface area contributed by atoms with E-state index in [2.05, 4.69) is 26.3 Å².